The lowest BCUT2D eigenvalue weighted by molar-refractivity contribution is 0.419. The quantitative estimate of drug-likeness (QED) is 0.101. The van der Waals surface area contributed by atoms with Crippen LogP contribution in [0.3, 0.4) is 0 Å². The molecule has 0 spiro atoms. The summed E-state index contributed by atoms with van der Waals surface area (Å²) in [6, 6.07) is 80.3. The molecule has 0 N–H and O–H groups in total. The topological polar surface area (TPSA) is 31.4 Å². The molecule has 12 rings (SSSR count). The summed E-state index contributed by atoms with van der Waals surface area (Å²) in [7, 11) is 3.63. The van der Waals surface area contributed by atoms with Crippen LogP contribution in [0.25, 0.3) is 32.3 Å². The predicted octanol–water partition coefficient (Wildman–Crippen LogP) is 20.9. The van der Waals surface area contributed by atoms with E-state index in [0.717, 1.165) is 112 Å². The van der Waals surface area contributed by atoms with Gasteiger partial charge in [0.25, 0.3) is 0 Å². The predicted molar refractivity (Wildman–Crippen MR) is 340 cm³/mol. The van der Waals surface area contributed by atoms with Crippen molar-refractivity contribution in [3.8, 4) is 11.5 Å². The third-order valence-corrected chi connectivity index (χ3v) is 15.7. The average Bonchev–Trinajstić information content (AvgIpc) is 3.58. The molecule has 0 saturated carbocycles. The number of aryl methyl sites for hydroxylation is 8. The highest BCUT2D eigenvalue weighted by Crippen LogP contribution is 2.59. The highest BCUT2D eigenvalue weighted by atomic mass is 16.5. The van der Waals surface area contributed by atoms with Gasteiger partial charge in [0.1, 0.15) is 11.5 Å². The van der Waals surface area contributed by atoms with Crippen molar-refractivity contribution in [3.63, 3.8) is 0 Å². The molecule has 0 aliphatic heterocycles. The Morgan fingerprint density at radius 1 is 0.212 bits per heavy atom. The molecule has 0 atom stereocenters. The van der Waals surface area contributed by atoms with Gasteiger partial charge in [-0.2, -0.15) is 0 Å². The van der Waals surface area contributed by atoms with Crippen molar-refractivity contribution in [3.05, 3.63) is 263 Å². The Labute approximate surface area is 471 Å². The Bertz CT molecular complexity index is 3720. The molecular formula is C74H66N4O2. The molecule has 394 valence electrons. The van der Waals surface area contributed by atoms with E-state index in [4.69, 9.17) is 9.47 Å². The fraction of sp³-hybridized carbons (Fsp3) is 0.135. The van der Waals surface area contributed by atoms with Gasteiger partial charge in [-0.25, -0.2) is 0 Å². The summed E-state index contributed by atoms with van der Waals surface area (Å²) < 4.78 is 13.8. The van der Waals surface area contributed by atoms with E-state index in [0.29, 0.717) is 0 Å². The molecule has 6 nitrogen and oxygen atoms in total. The number of nitrogens with zero attached hydrogens (tertiary/aromatic N) is 4. The Morgan fingerprint density at radius 2 is 0.388 bits per heavy atom. The third kappa shape index (κ3) is 9.36. The zero-order valence-corrected chi connectivity index (χ0v) is 47.4. The molecule has 6 heteroatoms. The Balaban J connectivity index is 1.35. The van der Waals surface area contributed by atoms with E-state index < -0.39 is 0 Å². The zero-order chi connectivity index (χ0) is 55.3. The van der Waals surface area contributed by atoms with Crippen LogP contribution in [0, 0.1) is 55.4 Å². The van der Waals surface area contributed by atoms with Crippen molar-refractivity contribution in [2.24, 2.45) is 0 Å². The van der Waals surface area contributed by atoms with Crippen LogP contribution in [-0.4, -0.2) is 14.2 Å². The van der Waals surface area contributed by atoms with Gasteiger partial charge >= 0.3 is 0 Å². The van der Waals surface area contributed by atoms with Gasteiger partial charge in [0, 0.05) is 77.8 Å². The second-order valence-corrected chi connectivity index (χ2v) is 21.6. The van der Waals surface area contributed by atoms with Gasteiger partial charge in [-0.3, -0.25) is 0 Å². The number of methoxy groups -OCH3 is 2. The van der Waals surface area contributed by atoms with Crippen LogP contribution in [0.5, 0.6) is 11.5 Å². The second-order valence-electron chi connectivity index (χ2n) is 21.6. The van der Waals surface area contributed by atoms with Crippen molar-refractivity contribution in [1.82, 2.24) is 0 Å². The standard InChI is InChI=1S/C74H66N4O2/c1-47-11-27-55(28-12-47)75(56-29-13-48(2)14-30-56)65-45-67(77(59-35-19-51(5)20-36-59)60-37-21-52(6)22-38-60)73-70(80-10)44-64-66(76(57-31-15-49(3)16-32-57)58-33-17-50(4)18-34-58)46-68(74-69(79-9)43-63(65)71(73)72(64)74)78(61-39-23-53(7)24-40-61)62-41-25-54(8)26-42-62/h11-46H,1-10H3. The first-order chi connectivity index (χ1) is 38.8. The summed E-state index contributed by atoms with van der Waals surface area (Å²) in [5.74, 6) is 1.49. The van der Waals surface area contributed by atoms with Gasteiger partial charge in [-0.15, -0.1) is 0 Å². The monoisotopic (exact) mass is 1040 g/mol. The van der Waals surface area contributed by atoms with Crippen molar-refractivity contribution in [2.75, 3.05) is 33.8 Å². The molecule has 0 heterocycles. The van der Waals surface area contributed by atoms with Crippen LogP contribution in [0.2, 0.25) is 0 Å². The summed E-state index contributed by atoms with van der Waals surface area (Å²) in [5, 5.41) is 6.03. The summed E-state index contributed by atoms with van der Waals surface area (Å²) in [5.41, 5.74) is 21.5. The summed E-state index contributed by atoms with van der Waals surface area (Å²) >= 11 is 0. The smallest absolute Gasteiger partial charge is 0.129 e. The van der Waals surface area contributed by atoms with Crippen LogP contribution in [0.1, 0.15) is 44.5 Å². The van der Waals surface area contributed by atoms with Crippen LogP contribution < -0.4 is 29.1 Å². The Morgan fingerprint density at radius 3 is 0.562 bits per heavy atom. The fourth-order valence-electron chi connectivity index (χ4n) is 11.4. The number of rotatable bonds is 14. The molecule has 80 heavy (non-hydrogen) atoms. The zero-order valence-electron chi connectivity index (χ0n) is 47.4. The molecule has 12 aromatic carbocycles. The van der Waals surface area contributed by atoms with Gasteiger partial charge in [-0.05, 0) is 177 Å². The Hall–Kier alpha value is -9.52. The Kier molecular flexibility index (Phi) is 13.5. The first kappa shape index (κ1) is 51.2. The summed E-state index contributed by atoms with van der Waals surface area (Å²) in [6.07, 6.45) is 0. The van der Waals surface area contributed by atoms with E-state index in [1.165, 1.54) is 44.5 Å². The van der Waals surface area contributed by atoms with E-state index in [1.54, 1.807) is 0 Å². The summed E-state index contributed by atoms with van der Waals surface area (Å²) in [4.78, 5) is 9.66. The maximum Gasteiger partial charge on any atom is 0.129 e. The van der Waals surface area contributed by atoms with Gasteiger partial charge in [0.15, 0.2) is 0 Å². The van der Waals surface area contributed by atoms with E-state index in [1.807, 2.05) is 14.2 Å². The third-order valence-electron chi connectivity index (χ3n) is 15.7. The first-order valence-corrected chi connectivity index (χ1v) is 27.5. The van der Waals surface area contributed by atoms with E-state index >= 15 is 0 Å². The highest BCUT2D eigenvalue weighted by Gasteiger charge is 2.33. The molecule has 0 unspecified atom stereocenters. The lowest BCUT2D eigenvalue weighted by Gasteiger charge is -2.35. The van der Waals surface area contributed by atoms with Crippen molar-refractivity contribution >= 4 is 101 Å². The van der Waals surface area contributed by atoms with Gasteiger partial charge in [0.05, 0.1) is 37.0 Å². The first-order valence-electron chi connectivity index (χ1n) is 27.5. The number of hydrogen-bond acceptors (Lipinski definition) is 6. The maximum atomic E-state index is 6.90. The molecule has 0 aromatic heterocycles. The minimum Gasteiger partial charge on any atom is -0.496 e. The maximum absolute atomic E-state index is 6.90. The highest BCUT2D eigenvalue weighted by molar-refractivity contribution is 6.35. The normalized spacial score (nSPS) is 11.4. The van der Waals surface area contributed by atoms with Crippen molar-refractivity contribution in [2.45, 2.75) is 55.4 Å². The van der Waals surface area contributed by atoms with Crippen molar-refractivity contribution in [1.29, 1.82) is 0 Å². The number of ether oxygens (including phenoxy) is 2. The average molecular weight is 1040 g/mol. The van der Waals surface area contributed by atoms with Gasteiger partial charge in [-0.1, -0.05) is 142 Å². The number of hydrogen-bond donors (Lipinski definition) is 0. The molecule has 0 radical (unpaired) electrons. The largest absolute Gasteiger partial charge is 0.496 e. The van der Waals surface area contributed by atoms with Crippen LogP contribution >= 0.6 is 0 Å². The summed E-state index contributed by atoms with van der Waals surface area (Å²) in [6.45, 7) is 17.2. The van der Waals surface area contributed by atoms with Crippen molar-refractivity contribution < 1.29 is 9.47 Å². The van der Waals surface area contributed by atoms with Crippen LogP contribution in [-0.2, 0) is 0 Å². The SMILES string of the molecule is COc1cc2c(N(c3ccc(C)cc3)c3ccc(C)cc3)cc(N(c3ccc(C)cc3)c3ccc(C)cc3)c3c(OC)cc4c(N(c5ccc(C)cc5)c5ccc(C)cc5)cc(N(c5ccc(C)cc5)c5ccc(C)cc5)c1c4c23. The number of anilines is 12. The molecule has 0 aliphatic rings. The molecule has 0 amide bonds. The molecule has 0 aliphatic carbocycles. The van der Waals surface area contributed by atoms with E-state index in [-0.39, 0.29) is 0 Å². The van der Waals surface area contributed by atoms with Crippen LogP contribution in [0.4, 0.5) is 68.2 Å². The minimum atomic E-state index is 0.743. The minimum absolute atomic E-state index is 0.743. The van der Waals surface area contributed by atoms with E-state index in [2.05, 4.69) is 293 Å². The van der Waals surface area contributed by atoms with Gasteiger partial charge in [0.2, 0.25) is 0 Å². The molecule has 0 fully saturated rings. The molecule has 0 bridgehead atoms. The fourth-order valence-corrected chi connectivity index (χ4v) is 11.4. The lowest BCUT2D eigenvalue weighted by Crippen LogP contribution is -2.16. The number of benzene rings is 12. The molecule has 12 aromatic rings. The molecular weight excluding hydrogens is 977 g/mol. The van der Waals surface area contributed by atoms with Gasteiger partial charge < -0.3 is 29.1 Å². The molecule has 0 saturated heterocycles. The van der Waals surface area contributed by atoms with E-state index in [9.17, 15) is 0 Å². The second kappa shape index (κ2) is 21.0. The lowest BCUT2D eigenvalue weighted by atomic mass is 9.87. The van der Waals surface area contributed by atoms with Crippen LogP contribution in [0.15, 0.2) is 218 Å².